The minimum absolute atomic E-state index is 0.338. The molecule has 0 amide bonds. The minimum atomic E-state index is 0.338. The van der Waals surface area contributed by atoms with Crippen molar-refractivity contribution in [3.05, 3.63) is 28.6 Å². The smallest absolute Gasteiger partial charge is 0.164 e. The molecule has 2 aromatic rings. The SMILES string of the molecule is Cc1nn(C)c(Cn2cnc(CN)n2)c1Cl. The first-order chi connectivity index (χ1) is 7.61. The molecule has 0 saturated carbocycles. The molecule has 6 nitrogen and oxygen atoms in total. The monoisotopic (exact) mass is 240 g/mol. The first kappa shape index (κ1) is 11.1. The van der Waals surface area contributed by atoms with Crippen LogP contribution in [0.2, 0.25) is 5.02 Å². The molecule has 2 heterocycles. The lowest BCUT2D eigenvalue weighted by Crippen LogP contribution is -2.07. The van der Waals surface area contributed by atoms with Crippen LogP contribution in [0.3, 0.4) is 0 Å². The molecule has 0 aromatic carbocycles. The Labute approximate surface area is 98.0 Å². The maximum Gasteiger partial charge on any atom is 0.164 e. The second-order valence-electron chi connectivity index (χ2n) is 3.53. The van der Waals surface area contributed by atoms with Crippen LogP contribution in [0.15, 0.2) is 6.33 Å². The van der Waals surface area contributed by atoms with Gasteiger partial charge in [0.15, 0.2) is 5.82 Å². The van der Waals surface area contributed by atoms with Crippen molar-refractivity contribution >= 4 is 11.6 Å². The van der Waals surface area contributed by atoms with Crippen LogP contribution in [0.4, 0.5) is 0 Å². The van der Waals surface area contributed by atoms with Crippen LogP contribution in [0.5, 0.6) is 0 Å². The first-order valence-corrected chi connectivity index (χ1v) is 5.26. The summed E-state index contributed by atoms with van der Waals surface area (Å²) >= 11 is 6.14. The zero-order chi connectivity index (χ0) is 11.7. The van der Waals surface area contributed by atoms with Gasteiger partial charge in [-0.1, -0.05) is 11.6 Å². The normalized spacial score (nSPS) is 11.0. The fraction of sp³-hybridized carbons (Fsp3) is 0.444. The summed E-state index contributed by atoms with van der Waals surface area (Å²) < 4.78 is 3.45. The Morgan fingerprint density at radius 1 is 1.44 bits per heavy atom. The number of hydrogen-bond donors (Lipinski definition) is 1. The molecule has 16 heavy (non-hydrogen) atoms. The van der Waals surface area contributed by atoms with Crippen LogP contribution >= 0.6 is 11.6 Å². The first-order valence-electron chi connectivity index (χ1n) is 4.88. The molecule has 0 aliphatic rings. The summed E-state index contributed by atoms with van der Waals surface area (Å²) in [7, 11) is 1.86. The van der Waals surface area contributed by atoms with Crippen molar-refractivity contribution in [3.8, 4) is 0 Å². The molecule has 0 radical (unpaired) electrons. The van der Waals surface area contributed by atoms with Crippen LogP contribution in [0.25, 0.3) is 0 Å². The van der Waals surface area contributed by atoms with E-state index in [0.717, 1.165) is 11.4 Å². The summed E-state index contributed by atoms with van der Waals surface area (Å²) in [6.45, 7) is 2.76. The zero-order valence-corrected chi connectivity index (χ0v) is 9.94. The quantitative estimate of drug-likeness (QED) is 0.847. The van der Waals surface area contributed by atoms with E-state index in [-0.39, 0.29) is 0 Å². The van der Waals surface area contributed by atoms with Crippen molar-refractivity contribution in [1.29, 1.82) is 0 Å². The molecule has 2 N–H and O–H groups in total. The molecule has 0 aliphatic carbocycles. The van der Waals surface area contributed by atoms with Gasteiger partial charge in [-0.25, -0.2) is 9.67 Å². The van der Waals surface area contributed by atoms with Gasteiger partial charge in [0, 0.05) is 7.05 Å². The predicted octanol–water partition coefficient (Wildman–Crippen LogP) is 0.480. The Bertz CT molecular complexity index is 500. The molecule has 0 aliphatic heterocycles. The second-order valence-corrected chi connectivity index (χ2v) is 3.91. The van der Waals surface area contributed by atoms with E-state index in [4.69, 9.17) is 17.3 Å². The summed E-state index contributed by atoms with van der Waals surface area (Å²) in [6, 6.07) is 0. The molecule has 0 fully saturated rings. The number of aryl methyl sites for hydroxylation is 2. The number of halogens is 1. The molecular formula is C9H13ClN6. The third kappa shape index (κ3) is 1.94. The fourth-order valence-electron chi connectivity index (χ4n) is 1.51. The lowest BCUT2D eigenvalue weighted by molar-refractivity contribution is 0.612. The van der Waals surface area contributed by atoms with Crippen LogP contribution in [-0.2, 0) is 20.1 Å². The van der Waals surface area contributed by atoms with E-state index in [1.54, 1.807) is 15.7 Å². The van der Waals surface area contributed by atoms with E-state index in [2.05, 4.69) is 15.2 Å². The number of hydrogen-bond acceptors (Lipinski definition) is 4. The Morgan fingerprint density at radius 3 is 2.69 bits per heavy atom. The molecule has 86 valence electrons. The van der Waals surface area contributed by atoms with Gasteiger partial charge in [-0.05, 0) is 6.92 Å². The number of aromatic nitrogens is 5. The van der Waals surface area contributed by atoms with Gasteiger partial charge in [0.1, 0.15) is 6.33 Å². The van der Waals surface area contributed by atoms with E-state index >= 15 is 0 Å². The molecule has 0 saturated heterocycles. The summed E-state index contributed by atoms with van der Waals surface area (Å²) in [5, 5.41) is 9.10. The van der Waals surface area contributed by atoms with E-state index in [1.165, 1.54) is 0 Å². The average molecular weight is 241 g/mol. The van der Waals surface area contributed by atoms with Crippen molar-refractivity contribution in [1.82, 2.24) is 24.5 Å². The topological polar surface area (TPSA) is 74.5 Å². The third-order valence-corrected chi connectivity index (χ3v) is 2.83. The van der Waals surface area contributed by atoms with Crippen LogP contribution in [0.1, 0.15) is 17.2 Å². The summed E-state index contributed by atoms with van der Waals surface area (Å²) in [5.74, 6) is 0.620. The van der Waals surface area contributed by atoms with Crippen LogP contribution < -0.4 is 5.73 Å². The molecule has 0 atom stereocenters. The molecule has 0 spiro atoms. The van der Waals surface area contributed by atoms with Crippen LogP contribution in [-0.4, -0.2) is 24.5 Å². The van der Waals surface area contributed by atoms with Crippen molar-refractivity contribution < 1.29 is 0 Å². The lowest BCUT2D eigenvalue weighted by atomic mass is 10.3. The number of nitrogens with two attached hydrogens (primary N) is 1. The lowest BCUT2D eigenvalue weighted by Gasteiger charge is -2.02. The molecular weight excluding hydrogens is 228 g/mol. The summed E-state index contributed by atoms with van der Waals surface area (Å²) in [4.78, 5) is 4.05. The highest BCUT2D eigenvalue weighted by atomic mass is 35.5. The van der Waals surface area contributed by atoms with Crippen molar-refractivity contribution in [3.63, 3.8) is 0 Å². The highest BCUT2D eigenvalue weighted by Crippen LogP contribution is 2.19. The fourth-order valence-corrected chi connectivity index (χ4v) is 1.73. The maximum absolute atomic E-state index is 6.14. The van der Waals surface area contributed by atoms with Crippen molar-refractivity contribution in [2.45, 2.75) is 20.0 Å². The zero-order valence-electron chi connectivity index (χ0n) is 9.18. The van der Waals surface area contributed by atoms with Gasteiger partial charge < -0.3 is 5.73 Å². The van der Waals surface area contributed by atoms with E-state index in [1.807, 2.05) is 14.0 Å². The van der Waals surface area contributed by atoms with Crippen molar-refractivity contribution in [2.75, 3.05) is 0 Å². The third-order valence-electron chi connectivity index (χ3n) is 2.34. The Morgan fingerprint density at radius 2 is 2.19 bits per heavy atom. The maximum atomic E-state index is 6.14. The second kappa shape index (κ2) is 4.23. The van der Waals surface area contributed by atoms with Gasteiger partial charge in [-0.15, -0.1) is 0 Å². The average Bonchev–Trinajstić information content (AvgIpc) is 2.80. The Hall–Kier alpha value is -1.40. The summed E-state index contributed by atoms with van der Waals surface area (Å²) in [5.41, 5.74) is 7.17. The largest absolute Gasteiger partial charge is 0.324 e. The Balaban J connectivity index is 2.26. The van der Waals surface area contributed by atoms with Gasteiger partial charge in [0.25, 0.3) is 0 Å². The van der Waals surface area contributed by atoms with Gasteiger partial charge in [0.05, 0.1) is 29.5 Å². The number of rotatable bonds is 3. The van der Waals surface area contributed by atoms with Gasteiger partial charge in [0.2, 0.25) is 0 Å². The van der Waals surface area contributed by atoms with Gasteiger partial charge in [-0.2, -0.15) is 10.2 Å². The van der Waals surface area contributed by atoms with Gasteiger partial charge >= 0.3 is 0 Å². The standard InChI is InChI=1S/C9H13ClN6/c1-6-9(10)7(15(2)13-6)4-16-5-12-8(3-11)14-16/h5H,3-4,11H2,1-2H3. The molecule has 2 rings (SSSR count). The van der Waals surface area contributed by atoms with E-state index in [0.29, 0.717) is 23.9 Å². The molecule has 0 bridgehead atoms. The van der Waals surface area contributed by atoms with Gasteiger partial charge in [-0.3, -0.25) is 4.68 Å². The van der Waals surface area contributed by atoms with E-state index < -0.39 is 0 Å². The van der Waals surface area contributed by atoms with Crippen molar-refractivity contribution in [2.24, 2.45) is 12.8 Å². The molecule has 7 heteroatoms. The van der Waals surface area contributed by atoms with Crippen LogP contribution in [0, 0.1) is 6.92 Å². The van der Waals surface area contributed by atoms with E-state index in [9.17, 15) is 0 Å². The minimum Gasteiger partial charge on any atom is -0.324 e. The number of nitrogens with zero attached hydrogens (tertiary/aromatic N) is 5. The predicted molar refractivity (Wildman–Crippen MR) is 60.0 cm³/mol. The Kier molecular flexibility index (Phi) is 2.93. The highest BCUT2D eigenvalue weighted by Gasteiger charge is 2.12. The highest BCUT2D eigenvalue weighted by molar-refractivity contribution is 6.31. The molecule has 2 aromatic heterocycles. The molecule has 0 unspecified atom stereocenters. The summed E-state index contributed by atoms with van der Waals surface area (Å²) in [6.07, 6.45) is 1.64.